The van der Waals surface area contributed by atoms with Gasteiger partial charge in [0, 0.05) is 31.6 Å². The Kier molecular flexibility index (Phi) is 4.98. The third kappa shape index (κ3) is 3.55. The molecule has 0 N–H and O–H groups in total. The standard InChI is InChI=1S/C22H27NO4/c1-22(2)11-10-13-8-9-15(20(27-5)17(13)21(22)26)19(25)16(12-23(3)4)18(24)14-6-7-14/h8-9,12,14H,6-7,10-11H2,1-5H3/b16-12+. The highest BCUT2D eigenvalue weighted by Crippen LogP contribution is 2.41. The summed E-state index contributed by atoms with van der Waals surface area (Å²) in [5.74, 6) is -0.286. The van der Waals surface area contributed by atoms with E-state index in [0.29, 0.717) is 11.3 Å². The summed E-state index contributed by atoms with van der Waals surface area (Å²) in [5, 5.41) is 0. The van der Waals surface area contributed by atoms with Gasteiger partial charge in [0.15, 0.2) is 11.6 Å². The van der Waals surface area contributed by atoms with E-state index in [1.54, 1.807) is 31.3 Å². The van der Waals surface area contributed by atoms with E-state index >= 15 is 0 Å². The zero-order valence-electron chi connectivity index (χ0n) is 16.7. The van der Waals surface area contributed by atoms with Crippen molar-refractivity contribution in [3.8, 4) is 5.75 Å². The van der Waals surface area contributed by atoms with Gasteiger partial charge < -0.3 is 9.64 Å². The van der Waals surface area contributed by atoms with Gasteiger partial charge in [-0.05, 0) is 37.3 Å². The Morgan fingerprint density at radius 3 is 2.44 bits per heavy atom. The van der Waals surface area contributed by atoms with Crippen LogP contribution in [0.3, 0.4) is 0 Å². The number of allylic oxidation sites excluding steroid dienone is 1. The minimum Gasteiger partial charge on any atom is -0.495 e. The van der Waals surface area contributed by atoms with E-state index < -0.39 is 5.41 Å². The molecule has 27 heavy (non-hydrogen) atoms. The third-order valence-corrected chi connectivity index (χ3v) is 5.40. The summed E-state index contributed by atoms with van der Waals surface area (Å²) < 4.78 is 5.55. The van der Waals surface area contributed by atoms with E-state index in [4.69, 9.17) is 4.74 Å². The van der Waals surface area contributed by atoms with Crippen molar-refractivity contribution in [2.24, 2.45) is 11.3 Å². The fourth-order valence-corrected chi connectivity index (χ4v) is 3.57. The molecule has 1 aromatic carbocycles. The van der Waals surface area contributed by atoms with E-state index in [2.05, 4.69) is 0 Å². The maximum Gasteiger partial charge on any atom is 0.201 e. The van der Waals surface area contributed by atoms with Gasteiger partial charge in [0.2, 0.25) is 5.78 Å². The summed E-state index contributed by atoms with van der Waals surface area (Å²) in [6, 6.07) is 3.52. The van der Waals surface area contributed by atoms with E-state index in [1.165, 1.54) is 7.11 Å². The lowest BCUT2D eigenvalue weighted by Crippen LogP contribution is -2.31. The number of hydrogen-bond acceptors (Lipinski definition) is 5. The van der Waals surface area contributed by atoms with E-state index in [-0.39, 0.29) is 34.4 Å². The summed E-state index contributed by atoms with van der Waals surface area (Å²) >= 11 is 0. The lowest BCUT2D eigenvalue weighted by atomic mass is 9.72. The van der Waals surface area contributed by atoms with Gasteiger partial charge in [-0.2, -0.15) is 0 Å². The zero-order valence-corrected chi connectivity index (χ0v) is 16.7. The molecule has 0 unspecified atom stereocenters. The van der Waals surface area contributed by atoms with Crippen molar-refractivity contribution in [3.05, 3.63) is 40.6 Å². The normalized spacial score (nSPS) is 18.7. The predicted octanol–water partition coefficient (Wildman–Crippen LogP) is 3.46. The van der Waals surface area contributed by atoms with E-state index in [0.717, 1.165) is 31.2 Å². The summed E-state index contributed by atoms with van der Waals surface area (Å²) in [6.07, 6.45) is 4.75. The Hall–Kier alpha value is -2.43. The number of ketones is 3. The number of nitrogens with zero attached hydrogens (tertiary/aromatic N) is 1. The third-order valence-electron chi connectivity index (χ3n) is 5.40. The molecule has 1 saturated carbocycles. The Labute approximate surface area is 160 Å². The first kappa shape index (κ1) is 19.3. The number of rotatable bonds is 6. The molecule has 0 atom stereocenters. The van der Waals surface area contributed by atoms with Crippen LogP contribution >= 0.6 is 0 Å². The second-order valence-corrected chi connectivity index (χ2v) is 8.37. The van der Waals surface area contributed by atoms with Crippen LogP contribution in [0.15, 0.2) is 23.9 Å². The highest BCUT2D eigenvalue weighted by atomic mass is 16.5. The maximum absolute atomic E-state index is 13.3. The summed E-state index contributed by atoms with van der Waals surface area (Å²) in [4.78, 5) is 40.7. The molecule has 1 aromatic rings. The first-order chi connectivity index (χ1) is 12.7. The molecule has 0 heterocycles. The molecule has 2 aliphatic rings. The van der Waals surface area contributed by atoms with Crippen molar-refractivity contribution in [2.45, 2.75) is 39.5 Å². The highest BCUT2D eigenvalue weighted by molar-refractivity contribution is 6.28. The number of carbonyl (C=O) groups is 3. The number of Topliss-reactive ketones (excluding diaryl/α,β-unsaturated/α-hetero) is 3. The number of ether oxygens (including phenoxy) is 1. The topological polar surface area (TPSA) is 63.7 Å². The van der Waals surface area contributed by atoms with Crippen molar-refractivity contribution < 1.29 is 19.1 Å². The first-order valence-electron chi connectivity index (χ1n) is 9.39. The number of benzene rings is 1. The molecule has 144 valence electrons. The van der Waals surface area contributed by atoms with Crippen LogP contribution in [0.1, 0.15) is 59.4 Å². The number of fused-ring (bicyclic) bond motifs is 1. The smallest absolute Gasteiger partial charge is 0.201 e. The van der Waals surface area contributed by atoms with Crippen LogP contribution in [0, 0.1) is 11.3 Å². The minimum atomic E-state index is -0.492. The molecular weight excluding hydrogens is 342 g/mol. The number of methoxy groups -OCH3 is 1. The summed E-state index contributed by atoms with van der Waals surface area (Å²) in [6.45, 7) is 3.83. The quantitative estimate of drug-likeness (QED) is 0.333. The van der Waals surface area contributed by atoms with Crippen LogP contribution in [0.5, 0.6) is 5.75 Å². The highest BCUT2D eigenvalue weighted by Gasteiger charge is 2.39. The first-order valence-corrected chi connectivity index (χ1v) is 9.39. The second kappa shape index (κ2) is 6.95. The van der Waals surface area contributed by atoms with Crippen molar-refractivity contribution in [2.75, 3.05) is 21.2 Å². The molecule has 0 aliphatic heterocycles. The molecule has 3 rings (SSSR count). The Balaban J connectivity index is 2.11. The van der Waals surface area contributed by atoms with Crippen LogP contribution in [-0.2, 0) is 11.2 Å². The summed E-state index contributed by atoms with van der Waals surface area (Å²) in [7, 11) is 5.03. The molecule has 0 bridgehead atoms. The van der Waals surface area contributed by atoms with Crippen molar-refractivity contribution in [3.63, 3.8) is 0 Å². The zero-order chi connectivity index (χ0) is 19.9. The van der Waals surface area contributed by atoms with Crippen molar-refractivity contribution in [1.82, 2.24) is 4.90 Å². The fraction of sp³-hybridized carbons (Fsp3) is 0.500. The SMILES string of the molecule is COc1c(C(=O)/C(=C/N(C)C)C(=O)C2CC2)ccc2c1C(=O)C(C)(C)CC2. The van der Waals surface area contributed by atoms with Gasteiger partial charge in [0.1, 0.15) is 5.75 Å². The van der Waals surface area contributed by atoms with Gasteiger partial charge in [-0.25, -0.2) is 0 Å². The molecule has 1 fully saturated rings. The molecule has 0 spiro atoms. The molecule has 5 nitrogen and oxygen atoms in total. The van der Waals surface area contributed by atoms with Crippen LogP contribution in [0.25, 0.3) is 0 Å². The van der Waals surface area contributed by atoms with Gasteiger partial charge >= 0.3 is 0 Å². The van der Waals surface area contributed by atoms with Gasteiger partial charge in [-0.3, -0.25) is 14.4 Å². The molecule has 0 saturated heterocycles. The Bertz CT molecular complexity index is 844. The Morgan fingerprint density at radius 2 is 1.89 bits per heavy atom. The number of carbonyl (C=O) groups excluding carboxylic acids is 3. The average molecular weight is 369 g/mol. The largest absolute Gasteiger partial charge is 0.495 e. The monoisotopic (exact) mass is 369 g/mol. The summed E-state index contributed by atoms with van der Waals surface area (Å²) in [5.41, 5.74) is 1.34. The van der Waals surface area contributed by atoms with Gasteiger partial charge in [0.05, 0.1) is 23.8 Å². The average Bonchev–Trinajstić information content (AvgIpc) is 3.46. The van der Waals surface area contributed by atoms with Gasteiger partial charge in [-0.15, -0.1) is 0 Å². The van der Waals surface area contributed by atoms with E-state index in [1.807, 2.05) is 19.9 Å². The Morgan fingerprint density at radius 1 is 1.22 bits per heavy atom. The van der Waals surface area contributed by atoms with Crippen LogP contribution in [0.4, 0.5) is 0 Å². The van der Waals surface area contributed by atoms with Gasteiger partial charge in [0.25, 0.3) is 0 Å². The van der Waals surface area contributed by atoms with E-state index in [9.17, 15) is 14.4 Å². The molecule has 0 aromatic heterocycles. The maximum atomic E-state index is 13.3. The lowest BCUT2D eigenvalue weighted by molar-refractivity contribution is -0.116. The number of aryl methyl sites for hydroxylation is 1. The van der Waals surface area contributed by atoms with Crippen molar-refractivity contribution >= 4 is 17.3 Å². The lowest BCUT2D eigenvalue weighted by Gasteiger charge is -2.31. The van der Waals surface area contributed by atoms with Crippen LogP contribution in [-0.4, -0.2) is 43.5 Å². The second-order valence-electron chi connectivity index (χ2n) is 8.37. The molecule has 0 radical (unpaired) electrons. The predicted molar refractivity (Wildman–Crippen MR) is 103 cm³/mol. The minimum absolute atomic E-state index is 0.0121. The van der Waals surface area contributed by atoms with Crippen LogP contribution < -0.4 is 4.74 Å². The molecule has 5 heteroatoms. The number of hydrogen-bond donors (Lipinski definition) is 0. The molecular formula is C22H27NO4. The van der Waals surface area contributed by atoms with Crippen LogP contribution in [0.2, 0.25) is 0 Å². The molecule has 2 aliphatic carbocycles. The fourth-order valence-electron chi connectivity index (χ4n) is 3.57. The van der Waals surface area contributed by atoms with Gasteiger partial charge in [-0.1, -0.05) is 19.9 Å². The van der Waals surface area contributed by atoms with Crippen molar-refractivity contribution in [1.29, 1.82) is 0 Å². The molecule has 0 amide bonds.